The molecule has 2 radical (unpaired) electrons. The summed E-state index contributed by atoms with van der Waals surface area (Å²) in [5, 5.41) is 0. The second-order valence-electron chi connectivity index (χ2n) is 4.44. The number of aryl methyl sites for hydroxylation is 2. The Morgan fingerprint density at radius 2 is 1.35 bits per heavy atom. The second kappa shape index (κ2) is 6.29. The van der Waals surface area contributed by atoms with Crippen molar-refractivity contribution in [2.45, 2.75) is 25.7 Å². The van der Waals surface area contributed by atoms with E-state index in [2.05, 4.69) is 42.5 Å². The molecule has 0 N–H and O–H groups in total. The topological polar surface area (TPSA) is 0 Å². The minimum absolute atomic E-state index is 0.866. The minimum Gasteiger partial charge on any atom is -0.0964 e. The van der Waals surface area contributed by atoms with E-state index in [4.69, 9.17) is 7.85 Å². The molecule has 0 unspecified atom stereocenters. The van der Waals surface area contributed by atoms with Crippen molar-refractivity contribution in [3.8, 4) is 0 Å². The van der Waals surface area contributed by atoms with Crippen LogP contribution in [0.15, 0.2) is 54.6 Å². The summed E-state index contributed by atoms with van der Waals surface area (Å²) in [6.07, 6.45) is 4.75. The van der Waals surface area contributed by atoms with Crippen LogP contribution in [0.2, 0.25) is 0 Å². The highest BCUT2D eigenvalue weighted by atomic mass is 14.0. The molecule has 0 aliphatic heterocycles. The van der Waals surface area contributed by atoms with Crippen LogP contribution in [0.4, 0.5) is 0 Å². The molecule has 0 atom stereocenters. The summed E-state index contributed by atoms with van der Waals surface area (Å²) >= 11 is 0. The Morgan fingerprint density at radius 3 is 2.06 bits per heavy atom. The van der Waals surface area contributed by atoms with Gasteiger partial charge in [-0.25, -0.2) is 0 Å². The van der Waals surface area contributed by atoms with Crippen molar-refractivity contribution in [1.29, 1.82) is 0 Å². The maximum absolute atomic E-state index is 5.75. The van der Waals surface area contributed by atoms with E-state index in [0.29, 0.717) is 0 Å². The third kappa shape index (κ3) is 4.11. The Balaban J connectivity index is 1.73. The zero-order chi connectivity index (χ0) is 11.9. The lowest BCUT2D eigenvalue weighted by molar-refractivity contribution is 0.734. The summed E-state index contributed by atoms with van der Waals surface area (Å²) in [7, 11) is 5.75. The van der Waals surface area contributed by atoms with E-state index in [9.17, 15) is 0 Å². The van der Waals surface area contributed by atoms with Crippen molar-refractivity contribution in [3.05, 3.63) is 65.7 Å². The minimum atomic E-state index is 0.866. The largest absolute Gasteiger partial charge is 0.113 e. The fraction of sp³-hybridized carbons (Fsp3) is 0.250. The molecule has 2 aromatic carbocycles. The summed E-state index contributed by atoms with van der Waals surface area (Å²) in [6, 6.07) is 18.9. The summed E-state index contributed by atoms with van der Waals surface area (Å²) in [6.45, 7) is 0. The molecule has 84 valence electrons. The standard InChI is InChI=1S/C16H17B/c17-16-12-6-11-15(13-16)10-5-4-9-14-7-2-1-3-8-14/h1-3,6-8,11-13H,4-5,9-10H2. The molecule has 2 aromatic rings. The van der Waals surface area contributed by atoms with Gasteiger partial charge in [-0.1, -0.05) is 60.1 Å². The molecule has 0 spiro atoms. The first-order chi connectivity index (χ1) is 8.34. The molecular formula is C16H17B. The molecule has 0 heterocycles. The number of rotatable bonds is 5. The molecule has 0 saturated carbocycles. The average molecular weight is 220 g/mol. The number of hydrogen-bond donors (Lipinski definition) is 0. The van der Waals surface area contributed by atoms with Gasteiger partial charge in [-0.15, -0.1) is 0 Å². The van der Waals surface area contributed by atoms with Gasteiger partial charge in [-0.2, -0.15) is 0 Å². The van der Waals surface area contributed by atoms with Gasteiger partial charge in [-0.05, 0) is 36.8 Å². The van der Waals surface area contributed by atoms with Crippen molar-refractivity contribution < 1.29 is 0 Å². The fourth-order valence-electron chi connectivity index (χ4n) is 2.05. The average Bonchev–Trinajstić information content (AvgIpc) is 2.36. The van der Waals surface area contributed by atoms with Crippen molar-refractivity contribution in [1.82, 2.24) is 0 Å². The van der Waals surface area contributed by atoms with Crippen LogP contribution in [0.25, 0.3) is 0 Å². The number of benzene rings is 2. The maximum atomic E-state index is 5.75. The quantitative estimate of drug-likeness (QED) is 0.536. The van der Waals surface area contributed by atoms with Crippen LogP contribution in [0.3, 0.4) is 0 Å². The van der Waals surface area contributed by atoms with Crippen LogP contribution in [-0.4, -0.2) is 7.85 Å². The molecule has 0 fully saturated rings. The van der Waals surface area contributed by atoms with Gasteiger partial charge in [0.25, 0.3) is 0 Å². The van der Waals surface area contributed by atoms with Crippen molar-refractivity contribution >= 4 is 13.3 Å². The van der Waals surface area contributed by atoms with Crippen molar-refractivity contribution in [2.75, 3.05) is 0 Å². The van der Waals surface area contributed by atoms with Gasteiger partial charge in [0.05, 0.1) is 0 Å². The molecule has 17 heavy (non-hydrogen) atoms. The first-order valence-corrected chi connectivity index (χ1v) is 6.23. The predicted octanol–water partition coefficient (Wildman–Crippen LogP) is 3.05. The Bertz CT molecular complexity index is 448. The zero-order valence-electron chi connectivity index (χ0n) is 10.1. The number of hydrogen-bond acceptors (Lipinski definition) is 0. The maximum Gasteiger partial charge on any atom is 0.113 e. The Morgan fingerprint density at radius 1 is 0.706 bits per heavy atom. The summed E-state index contributed by atoms with van der Waals surface area (Å²) in [5.41, 5.74) is 3.64. The second-order valence-corrected chi connectivity index (χ2v) is 4.44. The van der Waals surface area contributed by atoms with Gasteiger partial charge in [0.2, 0.25) is 0 Å². The van der Waals surface area contributed by atoms with Crippen LogP contribution in [-0.2, 0) is 12.8 Å². The van der Waals surface area contributed by atoms with E-state index in [1.807, 2.05) is 12.1 Å². The first-order valence-electron chi connectivity index (χ1n) is 6.23. The lowest BCUT2D eigenvalue weighted by Crippen LogP contribution is -2.02. The Labute approximate surface area is 105 Å². The normalized spacial score (nSPS) is 10.4. The highest BCUT2D eigenvalue weighted by Gasteiger charge is 1.95. The van der Waals surface area contributed by atoms with Crippen LogP contribution >= 0.6 is 0 Å². The van der Waals surface area contributed by atoms with E-state index in [0.717, 1.165) is 11.9 Å². The van der Waals surface area contributed by atoms with Gasteiger partial charge >= 0.3 is 0 Å². The smallest absolute Gasteiger partial charge is 0.0964 e. The van der Waals surface area contributed by atoms with Crippen LogP contribution in [0, 0.1) is 0 Å². The van der Waals surface area contributed by atoms with E-state index in [-0.39, 0.29) is 0 Å². The molecular weight excluding hydrogens is 203 g/mol. The molecule has 0 bridgehead atoms. The highest BCUT2D eigenvalue weighted by molar-refractivity contribution is 6.32. The molecule has 0 aromatic heterocycles. The fourth-order valence-corrected chi connectivity index (χ4v) is 2.05. The third-order valence-electron chi connectivity index (χ3n) is 2.97. The molecule has 0 nitrogen and oxygen atoms in total. The van der Waals surface area contributed by atoms with Gasteiger partial charge in [0.15, 0.2) is 0 Å². The molecule has 1 heteroatoms. The third-order valence-corrected chi connectivity index (χ3v) is 2.97. The summed E-state index contributed by atoms with van der Waals surface area (Å²) in [5.74, 6) is 0. The van der Waals surface area contributed by atoms with Gasteiger partial charge in [0.1, 0.15) is 7.85 Å². The predicted molar refractivity (Wildman–Crippen MR) is 74.9 cm³/mol. The van der Waals surface area contributed by atoms with Crippen LogP contribution in [0.1, 0.15) is 24.0 Å². The molecule has 0 amide bonds. The summed E-state index contributed by atoms with van der Waals surface area (Å²) in [4.78, 5) is 0. The molecule has 0 saturated heterocycles. The Hall–Kier alpha value is -1.50. The lowest BCUT2D eigenvalue weighted by atomic mass is 9.93. The van der Waals surface area contributed by atoms with E-state index in [1.54, 1.807) is 0 Å². The Kier molecular flexibility index (Phi) is 4.43. The summed E-state index contributed by atoms with van der Waals surface area (Å²) < 4.78 is 0. The molecule has 0 aliphatic carbocycles. The van der Waals surface area contributed by atoms with Crippen molar-refractivity contribution in [3.63, 3.8) is 0 Å². The molecule has 0 aliphatic rings. The van der Waals surface area contributed by atoms with Gasteiger partial charge < -0.3 is 0 Å². The van der Waals surface area contributed by atoms with Gasteiger partial charge in [-0.3, -0.25) is 0 Å². The van der Waals surface area contributed by atoms with Crippen LogP contribution in [0.5, 0.6) is 0 Å². The molecule has 2 rings (SSSR count). The lowest BCUT2D eigenvalue weighted by Gasteiger charge is -2.03. The van der Waals surface area contributed by atoms with E-state index >= 15 is 0 Å². The first kappa shape index (κ1) is 12.0. The number of unbranched alkanes of at least 4 members (excludes halogenated alkanes) is 1. The monoisotopic (exact) mass is 220 g/mol. The van der Waals surface area contributed by atoms with E-state index in [1.165, 1.54) is 30.4 Å². The SMILES string of the molecule is [B]c1cccc(CCCCc2ccccc2)c1. The van der Waals surface area contributed by atoms with Gasteiger partial charge in [0, 0.05) is 0 Å². The van der Waals surface area contributed by atoms with Crippen molar-refractivity contribution in [2.24, 2.45) is 0 Å². The highest BCUT2D eigenvalue weighted by Crippen LogP contribution is 2.08. The zero-order valence-corrected chi connectivity index (χ0v) is 10.1. The van der Waals surface area contributed by atoms with Crippen LogP contribution < -0.4 is 5.46 Å². The van der Waals surface area contributed by atoms with E-state index < -0.39 is 0 Å².